The number of nitrogens with one attached hydrogen (secondary N) is 2. The molecule has 0 aliphatic heterocycles. The van der Waals surface area contributed by atoms with Gasteiger partial charge in [-0.25, -0.2) is 0 Å². The Kier molecular flexibility index (Phi) is 8.46. The van der Waals surface area contributed by atoms with Gasteiger partial charge in [-0.05, 0) is 18.6 Å². The Balaban J connectivity index is 2.23. The standard InChI is InChI=1S/C13H26N2O2S/c1-3-18-12-7-5-4-6-11(12)15-13(16)10-14-8-9-17-2/h11-12,14H,3-10H2,1-2H3,(H,15,16). The first-order chi connectivity index (χ1) is 8.77. The Labute approximate surface area is 115 Å². The molecule has 1 fully saturated rings. The Morgan fingerprint density at radius 2 is 2.17 bits per heavy atom. The second kappa shape index (κ2) is 9.64. The molecule has 2 N–H and O–H groups in total. The van der Waals surface area contributed by atoms with Gasteiger partial charge in [-0.3, -0.25) is 4.79 Å². The first-order valence-corrected chi connectivity index (χ1v) is 7.93. The van der Waals surface area contributed by atoms with Crippen LogP contribution in [0.3, 0.4) is 0 Å². The molecule has 1 saturated carbocycles. The van der Waals surface area contributed by atoms with Gasteiger partial charge in [0, 0.05) is 24.9 Å². The molecule has 2 unspecified atom stereocenters. The van der Waals surface area contributed by atoms with Gasteiger partial charge in [-0.15, -0.1) is 0 Å². The Morgan fingerprint density at radius 3 is 2.89 bits per heavy atom. The summed E-state index contributed by atoms with van der Waals surface area (Å²) >= 11 is 1.98. The van der Waals surface area contributed by atoms with Gasteiger partial charge in [0.25, 0.3) is 0 Å². The second-order valence-electron chi connectivity index (χ2n) is 4.62. The molecular formula is C13H26N2O2S. The number of hydrogen-bond donors (Lipinski definition) is 2. The average molecular weight is 274 g/mol. The maximum atomic E-state index is 11.8. The van der Waals surface area contributed by atoms with E-state index in [0.29, 0.717) is 24.4 Å². The Bertz CT molecular complexity index is 237. The Morgan fingerprint density at radius 1 is 1.39 bits per heavy atom. The molecule has 18 heavy (non-hydrogen) atoms. The first kappa shape index (κ1) is 15.8. The van der Waals surface area contributed by atoms with E-state index in [0.717, 1.165) is 18.7 Å². The van der Waals surface area contributed by atoms with Crippen LogP contribution in [0.4, 0.5) is 0 Å². The molecule has 4 nitrogen and oxygen atoms in total. The summed E-state index contributed by atoms with van der Waals surface area (Å²) in [6.45, 7) is 3.95. The van der Waals surface area contributed by atoms with Crippen molar-refractivity contribution in [3.8, 4) is 0 Å². The maximum Gasteiger partial charge on any atom is 0.234 e. The molecule has 0 aromatic heterocycles. The molecule has 0 aromatic carbocycles. The fraction of sp³-hybridized carbons (Fsp3) is 0.923. The molecule has 5 heteroatoms. The molecule has 0 bridgehead atoms. The van der Waals surface area contributed by atoms with E-state index in [9.17, 15) is 4.79 Å². The van der Waals surface area contributed by atoms with E-state index in [1.54, 1.807) is 7.11 Å². The quantitative estimate of drug-likeness (QED) is 0.657. The summed E-state index contributed by atoms with van der Waals surface area (Å²) < 4.78 is 4.93. The van der Waals surface area contributed by atoms with Crippen molar-refractivity contribution in [1.29, 1.82) is 0 Å². The largest absolute Gasteiger partial charge is 0.383 e. The van der Waals surface area contributed by atoms with Gasteiger partial charge in [0.2, 0.25) is 5.91 Å². The van der Waals surface area contributed by atoms with Crippen LogP contribution in [0.2, 0.25) is 0 Å². The number of carbonyl (C=O) groups excluding carboxylic acids is 1. The summed E-state index contributed by atoms with van der Waals surface area (Å²) in [4.78, 5) is 11.8. The van der Waals surface area contributed by atoms with Crippen LogP contribution in [0, 0.1) is 0 Å². The third kappa shape index (κ3) is 6.07. The molecular weight excluding hydrogens is 248 g/mol. The van der Waals surface area contributed by atoms with Crippen LogP contribution < -0.4 is 10.6 Å². The zero-order chi connectivity index (χ0) is 13.2. The third-order valence-electron chi connectivity index (χ3n) is 3.20. The maximum absolute atomic E-state index is 11.8. The van der Waals surface area contributed by atoms with Crippen molar-refractivity contribution in [2.45, 2.75) is 43.9 Å². The topological polar surface area (TPSA) is 50.4 Å². The fourth-order valence-electron chi connectivity index (χ4n) is 2.31. The monoisotopic (exact) mass is 274 g/mol. The first-order valence-electron chi connectivity index (χ1n) is 6.88. The predicted molar refractivity (Wildman–Crippen MR) is 77.1 cm³/mol. The molecule has 0 aromatic rings. The molecule has 0 radical (unpaired) electrons. The van der Waals surface area contributed by atoms with Gasteiger partial charge in [-0.1, -0.05) is 19.8 Å². The zero-order valence-corrected chi connectivity index (χ0v) is 12.4. The van der Waals surface area contributed by atoms with Gasteiger partial charge in [-0.2, -0.15) is 11.8 Å². The third-order valence-corrected chi connectivity index (χ3v) is 4.52. The highest BCUT2D eigenvalue weighted by Crippen LogP contribution is 2.28. The summed E-state index contributed by atoms with van der Waals surface area (Å²) in [5.74, 6) is 1.24. The minimum absolute atomic E-state index is 0.111. The van der Waals surface area contributed by atoms with Crippen LogP contribution in [-0.4, -0.2) is 49.8 Å². The van der Waals surface area contributed by atoms with Gasteiger partial charge < -0.3 is 15.4 Å². The van der Waals surface area contributed by atoms with Crippen LogP contribution >= 0.6 is 11.8 Å². The van der Waals surface area contributed by atoms with Gasteiger partial charge in [0.05, 0.1) is 13.2 Å². The van der Waals surface area contributed by atoms with Crippen molar-refractivity contribution in [2.24, 2.45) is 0 Å². The van der Waals surface area contributed by atoms with Crippen molar-refractivity contribution in [2.75, 3.05) is 32.6 Å². The van der Waals surface area contributed by atoms with Gasteiger partial charge in [0.15, 0.2) is 0 Å². The summed E-state index contributed by atoms with van der Waals surface area (Å²) in [6, 6.07) is 0.362. The summed E-state index contributed by atoms with van der Waals surface area (Å²) in [5.41, 5.74) is 0. The number of hydrogen-bond acceptors (Lipinski definition) is 4. The zero-order valence-electron chi connectivity index (χ0n) is 11.5. The lowest BCUT2D eigenvalue weighted by molar-refractivity contribution is -0.121. The molecule has 1 aliphatic carbocycles. The fourth-order valence-corrected chi connectivity index (χ4v) is 3.51. The predicted octanol–water partition coefficient (Wildman–Crippen LogP) is 1.40. The SMILES string of the molecule is CCSC1CCCCC1NC(=O)CNCCOC. The molecule has 0 spiro atoms. The van der Waals surface area contributed by atoms with Crippen LogP contribution in [0.15, 0.2) is 0 Å². The lowest BCUT2D eigenvalue weighted by Gasteiger charge is -2.31. The number of methoxy groups -OCH3 is 1. The van der Waals surface area contributed by atoms with E-state index in [2.05, 4.69) is 17.6 Å². The molecule has 0 saturated heterocycles. The molecule has 1 amide bonds. The highest BCUT2D eigenvalue weighted by molar-refractivity contribution is 7.99. The van der Waals surface area contributed by atoms with E-state index < -0.39 is 0 Å². The van der Waals surface area contributed by atoms with Gasteiger partial charge >= 0.3 is 0 Å². The summed E-state index contributed by atoms with van der Waals surface area (Å²) in [7, 11) is 1.66. The van der Waals surface area contributed by atoms with Crippen LogP contribution in [-0.2, 0) is 9.53 Å². The van der Waals surface area contributed by atoms with Gasteiger partial charge in [0.1, 0.15) is 0 Å². The normalized spacial score (nSPS) is 23.9. The molecule has 0 heterocycles. The van der Waals surface area contributed by atoms with Crippen LogP contribution in [0.25, 0.3) is 0 Å². The van der Waals surface area contributed by atoms with E-state index in [4.69, 9.17) is 4.74 Å². The Hall–Kier alpha value is -0.260. The molecule has 106 valence electrons. The minimum atomic E-state index is 0.111. The number of carbonyl (C=O) groups is 1. The molecule has 1 rings (SSSR count). The number of thioether (sulfide) groups is 1. The smallest absolute Gasteiger partial charge is 0.234 e. The van der Waals surface area contributed by atoms with E-state index in [1.807, 2.05) is 11.8 Å². The number of ether oxygens (including phenoxy) is 1. The summed E-state index contributed by atoms with van der Waals surface area (Å²) in [5, 5.41) is 6.85. The second-order valence-corrected chi connectivity index (χ2v) is 6.14. The summed E-state index contributed by atoms with van der Waals surface area (Å²) in [6.07, 6.45) is 4.90. The van der Waals surface area contributed by atoms with Crippen molar-refractivity contribution >= 4 is 17.7 Å². The lowest BCUT2D eigenvalue weighted by Crippen LogP contribution is -2.47. The van der Waals surface area contributed by atoms with E-state index in [-0.39, 0.29) is 5.91 Å². The van der Waals surface area contributed by atoms with Crippen molar-refractivity contribution in [3.63, 3.8) is 0 Å². The molecule has 2 atom stereocenters. The number of rotatable bonds is 8. The average Bonchev–Trinajstić information content (AvgIpc) is 2.37. The highest BCUT2D eigenvalue weighted by Gasteiger charge is 2.25. The lowest BCUT2D eigenvalue weighted by atomic mass is 9.95. The van der Waals surface area contributed by atoms with Crippen molar-refractivity contribution in [1.82, 2.24) is 10.6 Å². The highest BCUT2D eigenvalue weighted by atomic mass is 32.2. The van der Waals surface area contributed by atoms with Crippen molar-refractivity contribution in [3.05, 3.63) is 0 Å². The molecule has 1 aliphatic rings. The van der Waals surface area contributed by atoms with Crippen LogP contribution in [0.1, 0.15) is 32.6 Å². The van der Waals surface area contributed by atoms with E-state index >= 15 is 0 Å². The minimum Gasteiger partial charge on any atom is -0.383 e. The van der Waals surface area contributed by atoms with Crippen molar-refractivity contribution < 1.29 is 9.53 Å². The number of amides is 1. The van der Waals surface area contributed by atoms with Crippen LogP contribution in [0.5, 0.6) is 0 Å². The van der Waals surface area contributed by atoms with E-state index in [1.165, 1.54) is 19.3 Å².